The van der Waals surface area contributed by atoms with Crippen LogP contribution in [-0.2, 0) is 12.8 Å². The average Bonchev–Trinajstić information content (AvgIpc) is 3.29. The molecule has 2 N–H and O–H groups in total. The summed E-state index contributed by atoms with van der Waals surface area (Å²) in [5, 5.41) is 3.48. The van der Waals surface area contributed by atoms with E-state index in [0.29, 0.717) is 16.4 Å². The van der Waals surface area contributed by atoms with Gasteiger partial charge in [0.15, 0.2) is 5.13 Å². The van der Waals surface area contributed by atoms with E-state index in [2.05, 4.69) is 15.3 Å². The Bertz CT molecular complexity index is 736. The minimum atomic E-state index is -0.228. The number of hydrogen-bond acceptors (Lipinski definition) is 4. The number of aromatic nitrogens is 2. The second kappa shape index (κ2) is 5.81. The monoisotopic (exact) mass is 330 g/mol. The predicted molar refractivity (Wildman–Crippen MR) is 88.0 cm³/mol. The number of amides is 2. The van der Waals surface area contributed by atoms with Crippen LogP contribution in [0.3, 0.4) is 0 Å². The van der Waals surface area contributed by atoms with E-state index in [1.807, 2.05) is 4.90 Å². The Morgan fingerprint density at radius 2 is 2.04 bits per heavy atom. The van der Waals surface area contributed by atoms with Gasteiger partial charge in [-0.15, -0.1) is 11.3 Å². The molecular weight excluding hydrogens is 312 g/mol. The van der Waals surface area contributed by atoms with E-state index < -0.39 is 0 Å². The predicted octanol–water partition coefficient (Wildman–Crippen LogP) is 2.45. The van der Waals surface area contributed by atoms with Crippen molar-refractivity contribution >= 4 is 28.3 Å². The maximum absolute atomic E-state index is 12.3. The van der Waals surface area contributed by atoms with Crippen LogP contribution in [0.15, 0.2) is 12.3 Å². The standard InChI is InChI=1S/C16H18N4O2S/c21-14(19-16-18-11-4-3-5-13(11)23-16)10-8-12(17-9-10)15(22)20-6-1-2-7-20/h8-9,17H,1-7H2,(H,18,19,21). The van der Waals surface area contributed by atoms with Gasteiger partial charge in [0.05, 0.1) is 11.3 Å². The Balaban J connectivity index is 1.45. The maximum Gasteiger partial charge on any atom is 0.270 e. The van der Waals surface area contributed by atoms with Crippen molar-refractivity contribution in [2.45, 2.75) is 32.1 Å². The van der Waals surface area contributed by atoms with E-state index >= 15 is 0 Å². The minimum Gasteiger partial charge on any atom is -0.356 e. The highest BCUT2D eigenvalue weighted by Gasteiger charge is 2.22. The molecule has 0 spiro atoms. The normalized spacial score (nSPS) is 16.6. The molecule has 3 heterocycles. The summed E-state index contributed by atoms with van der Waals surface area (Å²) in [6.07, 6.45) is 6.90. The molecular formula is C16H18N4O2S. The van der Waals surface area contributed by atoms with Crippen LogP contribution in [0.5, 0.6) is 0 Å². The first-order valence-electron chi connectivity index (χ1n) is 7.98. The number of nitrogens with one attached hydrogen (secondary N) is 2. The topological polar surface area (TPSA) is 78.1 Å². The summed E-state index contributed by atoms with van der Waals surface area (Å²) >= 11 is 1.55. The van der Waals surface area contributed by atoms with Gasteiger partial charge in [-0.25, -0.2) is 4.98 Å². The van der Waals surface area contributed by atoms with Crippen molar-refractivity contribution in [3.8, 4) is 0 Å². The summed E-state index contributed by atoms with van der Waals surface area (Å²) in [7, 11) is 0. The lowest BCUT2D eigenvalue weighted by molar-refractivity contribution is 0.0787. The average molecular weight is 330 g/mol. The third-order valence-corrected chi connectivity index (χ3v) is 5.46. The van der Waals surface area contributed by atoms with Crippen LogP contribution in [-0.4, -0.2) is 39.8 Å². The van der Waals surface area contributed by atoms with Gasteiger partial charge < -0.3 is 9.88 Å². The number of nitrogens with zero attached hydrogens (tertiary/aromatic N) is 2. The highest BCUT2D eigenvalue weighted by molar-refractivity contribution is 7.16. The van der Waals surface area contributed by atoms with Crippen LogP contribution in [0.4, 0.5) is 5.13 Å². The lowest BCUT2D eigenvalue weighted by Gasteiger charge is -2.13. The molecule has 0 atom stereocenters. The number of H-pyrrole nitrogens is 1. The van der Waals surface area contributed by atoms with Crippen molar-refractivity contribution in [3.63, 3.8) is 0 Å². The molecule has 1 fully saturated rings. The van der Waals surface area contributed by atoms with E-state index in [4.69, 9.17) is 0 Å². The molecule has 6 nitrogen and oxygen atoms in total. The molecule has 1 aliphatic heterocycles. The first-order chi connectivity index (χ1) is 11.2. The fourth-order valence-corrected chi connectivity index (χ4v) is 4.20. The first-order valence-corrected chi connectivity index (χ1v) is 8.80. The molecule has 2 aromatic rings. The van der Waals surface area contributed by atoms with E-state index in [0.717, 1.165) is 50.9 Å². The molecule has 2 aliphatic rings. The Morgan fingerprint density at radius 3 is 2.83 bits per heavy atom. The van der Waals surface area contributed by atoms with Crippen LogP contribution in [0.1, 0.15) is 50.7 Å². The number of aromatic amines is 1. The Hall–Kier alpha value is -2.15. The number of anilines is 1. The number of carbonyl (C=O) groups excluding carboxylic acids is 2. The molecule has 1 aliphatic carbocycles. The zero-order valence-corrected chi connectivity index (χ0v) is 13.5. The molecule has 120 valence electrons. The first kappa shape index (κ1) is 14.4. The molecule has 23 heavy (non-hydrogen) atoms. The summed E-state index contributed by atoms with van der Waals surface area (Å²) in [6, 6.07) is 1.62. The number of fused-ring (bicyclic) bond motifs is 1. The van der Waals surface area contributed by atoms with E-state index in [-0.39, 0.29) is 11.8 Å². The third-order valence-electron chi connectivity index (χ3n) is 4.39. The summed E-state index contributed by atoms with van der Waals surface area (Å²) in [6.45, 7) is 1.59. The Morgan fingerprint density at radius 1 is 1.22 bits per heavy atom. The minimum absolute atomic E-state index is 0.0326. The zero-order chi connectivity index (χ0) is 15.8. The van der Waals surface area contributed by atoms with Crippen molar-refractivity contribution in [1.29, 1.82) is 0 Å². The van der Waals surface area contributed by atoms with Crippen LogP contribution >= 0.6 is 11.3 Å². The van der Waals surface area contributed by atoms with Crippen LogP contribution in [0.25, 0.3) is 0 Å². The third kappa shape index (κ3) is 2.76. The molecule has 0 unspecified atom stereocenters. The van der Waals surface area contributed by atoms with Crippen molar-refractivity contribution in [2.24, 2.45) is 0 Å². The fraction of sp³-hybridized carbons (Fsp3) is 0.438. The van der Waals surface area contributed by atoms with Crippen molar-refractivity contribution in [3.05, 3.63) is 34.1 Å². The smallest absolute Gasteiger partial charge is 0.270 e. The van der Waals surface area contributed by atoms with Crippen LogP contribution in [0, 0.1) is 0 Å². The van der Waals surface area contributed by atoms with Gasteiger partial charge in [-0.05, 0) is 38.2 Å². The second-order valence-electron chi connectivity index (χ2n) is 6.00. The molecule has 2 aromatic heterocycles. The molecule has 0 radical (unpaired) electrons. The van der Waals surface area contributed by atoms with Crippen molar-refractivity contribution < 1.29 is 9.59 Å². The van der Waals surface area contributed by atoms with Crippen LogP contribution in [0.2, 0.25) is 0 Å². The molecule has 0 aromatic carbocycles. The molecule has 0 saturated carbocycles. The summed E-state index contributed by atoms with van der Waals surface area (Å²) in [5.74, 6) is -0.260. The molecule has 0 bridgehead atoms. The fourth-order valence-electron chi connectivity index (χ4n) is 3.15. The SMILES string of the molecule is O=C(Nc1nc2c(s1)CCC2)c1c[nH]c(C(=O)N2CCCC2)c1. The van der Waals surface area contributed by atoms with Crippen LogP contribution < -0.4 is 5.32 Å². The van der Waals surface area contributed by atoms with Crippen molar-refractivity contribution in [1.82, 2.24) is 14.9 Å². The zero-order valence-electron chi connectivity index (χ0n) is 12.7. The van der Waals surface area contributed by atoms with Gasteiger partial charge >= 0.3 is 0 Å². The van der Waals surface area contributed by atoms with Gasteiger partial charge in [-0.2, -0.15) is 0 Å². The van der Waals surface area contributed by atoms with Gasteiger partial charge in [0.2, 0.25) is 0 Å². The highest BCUT2D eigenvalue weighted by Crippen LogP contribution is 2.30. The van der Waals surface area contributed by atoms with E-state index in [1.165, 1.54) is 4.88 Å². The van der Waals surface area contributed by atoms with Gasteiger partial charge in [0.1, 0.15) is 5.69 Å². The number of carbonyl (C=O) groups is 2. The lowest BCUT2D eigenvalue weighted by atomic mass is 10.3. The lowest BCUT2D eigenvalue weighted by Crippen LogP contribution is -2.27. The summed E-state index contributed by atoms with van der Waals surface area (Å²) in [5.41, 5.74) is 2.05. The van der Waals surface area contributed by atoms with E-state index in [9.17, 15) is 9.59 Å². The summed E-state index contributed by atoms with van der Waals surface area (Å²) < 4.78 is 0. The largest absolute Gasteiger partial charge is 0.356 e. The maximum atomic E-state index is 12.3. The van der Waals surface area contributed by atoms with Gasteiger partial charge in [0, 0.05) is 24.2 Å². The van der Waals surface area contributed by atoms with Crippen molar-refractivity contribution in [2.75, 3.05) is 18.4 Å². The number of thiazole rings is 1. The molecule has 4 rings (SSSR count). The molecule has 7 heteroatoms. The quantitative estimate of drug-likeness (QED) is 0.907. The molecule has 1 saturated heterocycles. The Labute approximate surface area is 137 Å². The van der Waals surface area contributed by atoms with Gasteiger partial charge in [-0.1, -0.05) is 0 Å². The molecule has 2 amide bonds. The Kier molecular flexibility index (Phi) is 3.65. The summed E-state index contributed by atoms with van der Waals surface area (Å²) in [4.78, 5) is 35.1. The highest BCUT2D eigenvalue weighted by atomic mass is 32.1. The number of hydrogen-bond donors (Lipinski definition) is 2. The number of aryl methyl sites for hydroxylation is 2. The number of likely N-dealkylation sites (tertiary alicyclic amines) is 1. The van der Waals surface area contributed by atoms with Gasteiger partial charge in [0.25, 0.3) is 11.8 Å². The van der Waals surface area contributed by atoms with E-state index in [1.54, 1.807) is 23.6 Å². The second-order valence-corrected chi connectivity index (χ2v) is 7.08. The van der Waals surface area contributed by atoms with Gasteiger partial charge in [-0.3, -0.25) is 14.9 Å². The number of rotatable bonds is 3.